The predicted molar refractivity (Wildman–Crippen MR) is 167 cm³/mol. The van der Waals surface area contributed by atoms with E-state index in [0.717, 1.165) is 57.3 Å². The molecule has 4 heterocycles. The van der Waals surface area contributed by atoms with Gasteiger partial charge >= 0.3 is 0 Å². The van der Waals surface area contributed by atoms with Gasteiger partial charge in [-0.15, -0.1) is 0 Å². The molecule has 0 bridgehead atoms. The van der Waals surface area contributed by atoms with E-state index in [1.807, 2.05) is 62.3 Å². The Morgan fingerprint density at radius 1 is 0.953 bits per heavy atom. The summed E-state index contributed by atoms with van der Waals surface area (Å²) in [6, 6.07) is 16.5. The van der Waals surface area contributed by atoms with Crippen LogP contribution in [0.4, 0.5) is 10.1 Å². The van der Waals surface area contributed by atoms with Gasteiger partial charge in [0.05, 0.1) is 28.8 Å². The Balaban J connectivity index is 1.35. The highest BCUT2D eigenvalue weighted by Gasteiger charge is 2.16. The Morgan fingerprint density at radius 3 is 2.65 bits per heavy atom. The van der Waals surface area contributed by atoms with Gasteiger partial charge in [-0.1, -0.05) is 13.0 Å². The maximum atomic E-state index is 14.6. The first-order valence-electron chi connectivity index (χ1n) is 14.2. The van der Waals surface area contributed by atoms with Crippen molar-refractivity contribution in [1.82, 2.24) is 30.0 Å². The lowest BCUT2D eigenvalue weighted by Crippen LogP contribution is -2.19. The number of aromatic nitrogens is 5. The monoisotopic (exact) mass is 577 g/mol. The SMILES string of the molecule is CCCC(=O)Nc1cncc(-c2ccc3[nH]nc(-c4cc5c(-c6cc(F)cc(OCCN(C)C)c6)nccc5[nH]4)c3c2)c1. The van der Waals surface area contributed by atoms with Crippen molar-refractivity contribution in [3.8, 4) is 39.5 Å². The van der Waals surface area contributed by atoms with Crippen molar-refractivity contribution in [2.75, 3.05) is 32.6 Å². The summed E-state index contributed by atoms with van der Waals surface area (Å²) in [5, 5.41) is 12.4. The zero-order valence-corrected chi connectivity index (χ0v) is 24.2. The molecule has 2 aromatic carbocycles. The van der Waals surface area contributed by atoms with Crippen molar-refractivity contribution < 1.29 is 13.9 Å². The second-order valence-corrected chi connectivity index (χ2v) is 10.7. The minimum atomic E-state index is -0.388. The van der Waals surface area contributed by atoms with Crippen LogP contribution in [0.3, 0.4) is 0 Å². The first kappa shape index (κ1) is 28.0. The molecule has 3 N–H and O–H groups in total. The number of pyridine rings is 2. The van der Waals surface area contributed by atoms with Crippen molar-refractivity contribution in [3.05, 3.63) is 79.0 Å². The topological polar surface area (TPSA) is 112 Å². The summed E-state index contributed by atoms with van der Waals surface area (Å²) in [6.07, 6.45) is 6.36. The van der Waals surface area contributed by atoms with E-state index in [9.17, 15) is 9.18 Å². The summed E-state index contributed by atoms with van der Waals surface area (Å²) < 4.78 is 20.4. The maximum absolute atomic E-state index is 14.6. The average molecular weight is 578 g/mol. The Bertz CT molecular complexity index is 1930. The second kappa shape index (κ2) is 12.0. The van der Waals surface area contributed by atoms with Crippen LogP contribution in [0.1, 0.15) is 19.8 Å². The molecule has 0 unspecified atom stereocenters. The Morgan fingerprint density at radius 2 is 1.81 bits per heavy atom. The van der Waals surface area contributed by atoms with Crippen LogP contribution in [-0.4, -0.2) is 63.2 Å². The molecule has 0 spiro atoms. The number of carbonyl (C=O) groups is 1. The Kier molecular flexibility index (Phi) is 7.84. The van der Waals surface area contributed by atoms with Gasteiger partial charge in [-0.25, -0.2) is 4.39 Å². The van der Waals surface area contributed by atoms with Crippen LogP contribution in [0.25, 0.3) is 55.6 Å². The summed E-state index contributed by atoms with van der Waals surface area (Å²) in [5.41, 5.74) is 7.01. The summed E-state index contributed by atoms with van der Waals surface area (Å²) >= 11 is 0. The van der Waals surface area contributed by atoms with Gasteiger partial charge in [0.15, 0.2) is 0 Å². The fourth-order valence-corrected chi connectivity index (χ4v) is 5.06. The molecular formula is C33H32FN7O2. The van der Waals surface area contributed by atoms with Gasteiger partial charge in [0.2, 0.25) is 5.91 Å². The average Bonchev–Trinajstić information content (AvgIpc) is 3.60. The largest absolute Gasteiger partial charge is 0.492 e. The fourth-order valence-electron chi connectivity index (χ4n) is 5.06. The van der Waals surface area contributed by atoms with Crippen molar-refractivity contribution in [3.63, 3.8) is 0 Å². The van der Waals surface area contributed by atoms with Crippen LogP contribution in [-0.2, 0) is 4.79 Å². The highest BCUT2D eigenvalue weighted by atomic mass is 19.1. The van der Waals surface area contributed by atoms with Crippen LogP contribution in [0.5, 0.6) is 5.75 Å². The number of nitrogens with zero attached hydrogens (tertiary/aromatic N) is 4. The highest BCUT2D eigenvalue weighted by molar-refractivity contribution is 6.01. The van der Waals surface area contributed by atoms with Crippen molar-refractivity contribution in [2.45, 2.75) is 19.8 Å². The normalized spacial score (nSPS) is 11.5. The molecule has 0 aliphatic carbocycles. The number of carbonyl (C=O) groups excluding carboxylic acids is 1. The molecule has 0 saturated carbocycles. The smallest absolute Gasteiger partial charge is 0.224 e. The predicted octanol–water partition coefficient (Wildman–Crippen LogP) is 6.65. The van der Waals surface area contributed by atoms with E-state index in [1.54, 1.807) is 18.6 Å². The molecule has 9 nitrogen and oxygen atoms in total. The van der Waals surface area contributed by atoms with E-state index < -0.39 is 0 Å². The van der Waals surface area contributed by atoms with Crippen LogP contribution in [0, 0.1) is 5.82 Å². The summed E-state index contributed by atoms with van der Waals surface area (Å²) in [4.78, 5) is 26.5. The first-order valence-corrected chi connectivity index (χ1v) is 14.2. The molecule has 1 amide bonds. The van der Waals surface area contributed by atoms with Crippen molar-refractivity contribution in [1.29, 1.82) is 0 Å². The van der Waals surface area contributed by atoms with Gasteiger partial charge in [0.1, 0.15) is 23.9 Å². The number of benzene rings is 2. The highest BCUT2D eigenvalue weighted by Crippen LogP contribution is 2.35. The third kappa shape index (κ3) is 6.09. The van der Waals surface area contributed by atoms with E-state index in [4.69, 9.17) is 4.74 Å². The van der Waals surface area contributed by atoms with E-state index >= 15 is 0 Å². The minimum Gasteiger partial charge on any atom is -0.492 e. The van der Waals surface area contributed by atoms with Gasteiger partial charge in [-0.05, 0) is 68.5 Å². The van der Waals surface area contributed by atoms with Crippen LogP contribution < -0.4 is 10.1 Å². The van der Waals surface area contributed by atoms with Gasteiger partial charge in [0.25, 0.3) is 0 Å². The molecule has 0 aliphatic rings. The third-order valence-electron chi connectivity index (χ3n) is 7.15. The number of ether oxygens (including phenoxy) is 1. The quantitative estimate of drug-likeness (QED) is 0.168. The number of hydrogen-bond acceptors (Lipinski definition) is 6. The van der Waals surface area contributed by atoms with Gasteiger partial charge < -0.3 is 19.9 Å². The number of anilines is 1. The molecular weight excluding hydrogens is 545 g/mol. The molecule has 0 aliphatic heterocycles. The van der Waals surface area contributed by atoms with E-state index in [-0.39, 0.29) is 11.7 Å². The zero-order valence-electron chi connectivity index (χ0n) is 24.2. The molecule has 10 heteroatoms. The second-order valence-electron chi connectivity index (χ2n) is 10.7. The van der Waals surface area contributed by atoms with Crippen LogP contribution >= 0.6 is 0 Å². The molecule has 0 fully saturated rings. The number of halogens is 1. The minimum absolute atomic E-state index is 0.0342. The number of likely N-dealkylation sites (N-methyl/N-ethyl adjacent to an activating group) is 1. The molecule has 218 valence electrons. The Labute approximate surface area is 248 Å². The van der Waals surface area contributed by atoms with Crippen LogP contribution in [0.15, 0.2) is 73.2 Å². The number of amides is 1. The Hall–Kier alpha value is -5.09. The molecule has 4 aromatic heterocycles. The summed E-state index contributed by atoms with van der Waals surface area (Å²) in [7, 11) is 3.92. The maximum Gasteiger partial charge on any atom is 0.224 e. The van der Waals surface area contributed by atoms with Gasteiger partial charge in [0, 0.05) is 58.8 Å². The van der Waals surface area contributed by atoms with Crippen LogP contribution in [0.2, 0.25) is 0 Å². The lowest BCUT2D eigenvalue weighted by molar-refractivity contribution is -0.116. The molecule has 43 heavy (non-hydrogen) atoms. The molecule has 0 atom stereocenters. The lowest BCUT2D eigenvalue weighted by atomic mass is 10.0. The molecule has 6 aromatic rings. The van der Waals surface area contributed by atoms with Crippen molar-refractivity contribution in [2.24, 2.45) is 0 Å². The first-order chi connectivity index (χ1) is 20.9. The van der Waals surface area contributed by atoms with E-state index in [0.29, 0.717) is 35.7 Å². The molecule has 0 saturated heterocycles. The van der Waals surface area contributed by atoms with E-state index in [1.165, 1.54) is 12.1 Å². The summed E-state index contributed by atoms with van der Waals surface area (Å²) in [6.45, 7) is 3.14. The number of H-pyrrole nitrogens is 2. The number of rotatable bonds is 10. The number of hydrogen-bond donors (Lipinski definition) is 3. The van der Waals surface area contributed by atoms with Gasteiger partial charge in [-0.2, -0.15) is 5.10 Å². The molecule has 0 radical (unpaired) electrons. The third-order valence-corrected chi connectivity index (χ3v) is 7.15. The number of nitrogens with one attached hydrogen (secondary N) is 3. The number of aromatic amines is 2. The number of fused-ring (bicyclic) bond motifs is 2. The zero-order chi connectivity index (χ0) is 29.9. The van der Waals surface area contributed by atoms with Gasteiger partial charge in [-0.3, -0.25) is 19.9 Å². The molecule has 6 rings (SSSR count). The standard InChI is InChI=1S/C33H32FN7O2/c1-4-5-31(42)37-24-13-22(18-35-19-24)20-6-7-29-26(15-20)33(40-39-29)30-17-27-28(38-30)8-9-36-32(27)21-12-23(34)16-25(14-21)43-11-10-41(2)3/h6-9,12-19,38H,4-5,10-11H2,1-3H3,(H,37,42)(H,39,40). The lowest BCUT2D eigenvalue weighted by Gasteiger charge is -2.12. The van der Waals surface area contributed by atoms with E-state index in [2.05, 4.69) is 36.5 Å². The summed E-state index contributed by atoms with van der Waals surface area (Å²) in [5.74, 6) is 0.0370. The fraction of sp³-hybridized carbons (Fsp3) is 0.212. The van der Waals surface area contributed by atoms with Crippen molar-refractivity contribution >= 4 is 33.4 Å².